The van der Waals surface area contributed by atoms with Gasteiger partial charge in [-0.3, -0.25) is 4.90 Å². The topological polar surface area (TPSA) is 44.9 Å². The van der Waals surface area contributed by atoms with Crippen LogP contribution in [0.5, 0.6) is 0 Å². The van der Waals surface area contributed by atoms with Crippen molar-refractivity contribution in [1.82, 2.24) is 14.5 Å². The maximum Gasteiger partial charge on any atom is 0.416 e. The van der Waals surface area contributed by atoms with Gasteiger partial charge in [0.1, 0.15) is 0 Å². The average Bonchev–Trinajstić information content (AvgIpc) is 3.32. The number of alkyl halides is 3. The summed E-state index contributed by atoms with van der Waals surface area (Å²) < 4.78 is 41.1. The molecule has 0 saturated carbocycles. The second kappa shape index (κ2) is 13.0. The van der Waals surface area contributed by atoms with Crippen LogP contribution in [0.25, 0.3) is 21.9 Å². The molecule has 4 aromatic carbocycles. The van der Waals surface area contributed by atoms with Gasteiger partial charge < -0.3 is 4.57 Å². The Labute approximate surface area is 243 Å². The quantitative estimate of drug-likeness (QED) is 0.194. The lowest BCUT2D eigenvalue weighted by molar-refractivity contribution is -0.137. The number of halogens is 5. The molecule has 40 heavy (non-hydrogen) atoms. The van der Waals surface area contributed by atoms with E-state index in [1.807, 2.05) is 54.1 Å². The predicted molar refractivity (Wildman–Crippen MR) is 156 cm³/mol. The summed E-state index contributed by atoms with van der Waals surface area (Å²) >= 11 is 0. The number of aryl methyl sites for hydroxylation is 1. The Hall–Kier alpha value is -3.83. The maximum absolute atomic E-state index is 13.1. The minimum Gasteiger partial charge on any atom is -0.337 e. The molecule has 0 aliphatic carbocycles. The molecule has 0 fully saturated rings. The van der Waals surface area contributed by atoms with Crippen LogP contribution in [0, 0.1) is 11.3 Å². The van der Waals surface area contributed by atoms with E-state index in [0.717, 1.165) is 50.9 Å². The first-order valence-electron chi connectivity index (χ1n) is 12.2. The highest BCUT2D eigenvalue weighted by Gasteiger charge is 2.30. The van der Waals surface area contributed by atoms with Gasteiger partial charge in [0.15, 0.2) is 0 Å². The molecule has 0 amide bonds. The van der Waals surface area contributed by atoms with E-state index in [-0.39, 0.29) is 24.8 Å². The zero-order valence-electron chi connectivity index (χ0n) is 21.6. The summed E-state index contributed by atoms with van der Waals surface area (Å²) in [6, 6.07) is 27.6. The number of hydrogen-bond donors (Lipinski definition) is 0. The van der Waals surface area contributed by atoms with E-state index < -0.39 is 11.7 Å². The molecule has 206 valence electrons. The lowest BCUT2D eigenvalue weighted by Gasteiger charge is -2.23. The van der Waals surface area contributed by atoms with E-state index >= 15 is 0 Å². The molecular formula is C31H27Cl2F3N4. The molecule has 5 aromatic rings. The first-order chi connectivity index (χ1) is 18.3. The molecular weight excluding hydrogens is 556 g/mol. The van der Waals surface area contributed by atoms with Crippen molar-refractivity contribution in [2.45, 2.75) is 25.8 Å². The van der Waals surface area contributed by atoms with Crippen molar-refractivity contribution < 1.29 is 13.2 Å². The fourth-order valence-corrected chi connectivity index (χ4v) is 4.72. The fraction of sp³-hybridized carbons (Fsp3) is 0.161. The van der Waals surface area contributed by atoms with Gasteiger partial charge in [0.25, 0.3) is 0 Å². The number of benzene rings is 4. The Bertz CT molecular complexity index is 1620. The highest BCUT2D eigenvalue weighted by atomic mass is 35.5. The van der Waals surface area contributed by atoms with E-state index in [4.69, 9.17) is 0 Å². The number of nitriles is 1. The van der Waals surface area contributed by atoms with Gasteiger partial charge in [0.05, 0.1) is 29.2 Å². The molecule has 0 atom stereocenters. The summed E-state index contributed by atoms with van der Waals surface area (Å²) in [7, 11) is 1.92. The zero-order valence-corrected chi connectivity index (χ0v) is 23.2. The molecule has 1 aromatic heterocycles. The third kappa shape index (κ3) is 6.83. The van der Waals surface area contributed by atoms with Gasteiger partial charge in [-0.25, -0.2) is 4.98 Å². The molecule has 9 heteroatoms. The van der Waals surface area contributed by atoms with Crippen LogP contribution in [0.2, 0.25) is 0 Å². The van der Waals surface area contributed by atoms with E-state index in [9.17, 15) is 18.4 Å². The van der Waals surface area contributed by atoms with Gasteiger partial charge in [-0.1, -0.05) is 60.7 Å². The second-order valence-corrected chi connectivity index (χ2v) is 9.35. The van der Waals surface area contributed by atoms with Gasteiger partial charge in [0.2, 0.25) is 0 Å². The van der Waals surface area contributed by atoms with Crippen LogP contribution in [0.4, 0.5) is 13.2 Å². The van der Waals surface area contributed by atoms with Crippen molar-refractivity contribution in [2.75, 3.05) is 0 Å². The summed E-state index contributed by atoms with van der Waals surface area (Å²) in [5.41, 5.74) is 4.54. The van der Waals surface area contributed by atoms with Crippen LogP contribution >= 0.6 is 24.8 Å². The van der Waals surface area contributed by atoms with Crippen molar-refractivity contribution in [3.05, 3.63) is 125 Å². The van der Waals surface area contributed by atoms with Gasteiger partial charge >= 0.3 is 6.18 Å². The molecule has 0 aliphatic rings. The molecule has 0 unspecified atom stereocenters. The highest BCUT2D eigenvalue weighted by molar-refractivity contribution is 5.97. The predicted octanol–water partition coefficient (Wildman–Crippen LogP) is 8.18. The summed E-state index contributed by atoms with van der Waals surface area (Å²) in [5, 5.41) is 12.0. The number of hydrogen-bond acceptors (Lipinski definition) is 3. The summed E-state index contributed by atoms with van der Waals surface area (Å²) in [5.74, 6) is 0. The summed E-state index contributed by atoms with van der Waals surface area (Å²) in [6.07, 6.45) is -0.848. The Morgan fingerprint density at radius 2 is 1.50 bits per heavy atom. The molecule has 0 bridgehead atoms. The number of aromatic nitrogens is 2. The van der Waals surface area contributed by atoms with Crippen LogP contribution in [-0.4, -0.2) is 14.5 Å². The highest BCUT2D eigenvalue weighted by Crippen LogP contribution is 2.32. The Morgan fingerprint density at radius 1 is 0.825 bits per heavy atom. The lowest BCUT2D eigenvalue weighted by atomic mass is 9.93. The summed E-state index contributed by atoms with van der Waals surface area (Å²) in [6.45, 7) is 1.55. The van der Waals surface area contributed by atoms with Crippen LogP contribution < -0.4 is 0 Å². The first kappa shape index (κ1) is 30.7. The fourth-order valence-electron chi connectivity index (χ4n) is 4.72. The first-order valence-corrected chi connectivity index (χ1v) is 12.2. The van der Waals surface area contributed by atoms with Crippen molar-refractivity contribution in [2.24, 2.45) is 7.05 Å². The van der Waals surface area contributed by atoms with Gasteiger partial charge in [-0.15, -0.1) is 24.8 Å². The molecule has 0 aliphatic heterocycles. The van der Waals surface area contributed by atoms with E-state index in [2.05, 4.69) is 34.2 Å². The van der Waals surface area contributed by atoms with E-state index in [1.54, 1.807) is 12.5 Å². The van der Waals surface area contributed by atoms with Gasteiger partial charge in [-0.05, 0) is 51.7 Å². The Kier molecular flexibility index (Phi) is 9.99. The lowest BCUT2D eigenvalue weighted by Crippen LogP contribution is -2.23. The molecule has 5 rings (SSSR count). The number of fused-ring (bicyclic) bond motifs is 1. The van der Waals surface area contributed by atoms with Crippen LogP contribution in [0.1, 0.15) is 27.9 Å². The number of imidazole rings is 1. The molecule has 0 saturated heterocycles. The minimum absolute atomic E-state index is 0. The normalized spacial score (nSPS) is 11.1. The molecule has 0 spiro atoms. The maximum atomic E-state index is 13.1. The largest absolute Gasteiger partial charge is 0.416 e. The van der Waals surface area contributed by atoms with Crippen molar-refractivity contribution in [3.8, 4) is 17.2 Å². The zero-order chi connectivity index (χ0) is 26.7. The standard InChI is InChI=1S/C31H25F3N4.2ClH/c1-37-21-36-17-27(37)20-38(18-22-10-13-26(14-11-22)31(32,33)34)19-23-9-12-25(16-35)30(15-23)29-8-4-6-24-5-2-3-7-28(24)29;;/h2-15,17,21H,18-20H2,1H3;2*1H. The van der Waals surface area contributed by atoms with Crippen LogP contribution in [-0.2, 0) is 32.9 Å². The smallest absolute Gasteiger partial charge is 0.337 e. The van der Waals surface area contributed by atoms with Crippen molar-refractivity contribution in [1.29, 1.82) is 5.26 Å². The van der Waals surface area contributed by atoms with Crippen molar-refractivity contribution in [3.63, 3.8) is 0 Å². The minimum atomic E-state index is -4.37. The van der Waals surface area contributed by atoms with E-state index in [1.165, 1.54) is 12.1 Å². The SMILES string of the molecule is Cl.Cl.Cn1cncc1CN(Cc1ccc(C(F)(F)F)cc1)Cc1ccc(C#N)c(-c2cccc3ccccc23)c1. The average molecular weight is 583 g/mol. The molecule has 4 nitrogen and oxygen atoms in total. The van der Waals surface area contributed by atoms with Crippen molar-refractivity contribution >= 4 is 35.6 Å². The molecule has 0 N–H and O–H groups in total. The van der Waals surface area contributed by atoms with Gasteiger partial charge in [0, 0.05) is 38.4 Å². The third-order valence-electron chi connectivity index (χ3n) is 6.68. The summed E-state index contributed by atoms with van der Waals surface area (Å²) in [4.78, 5) is 6.37. The van der Waals surface area contributed by atoms with Crippen LogP contribution in [0.15, 0.2) is 97.5 Å². The number of nitrogens with zero attached hydrogens (tertiary/aromatic N) is 4. The molecule has 1 heterocycles. The molecule has 0 radical (unpaired) electrons. The Balaban J connectivity index is 0.00000220. The third-order valence-corrected chi connectivity index (χ3v) is 6.68. The number of rotatable bonds is 7. The van der Waals surface area contributed by atoms with E-state index in [0.29, 0.717) is 25.2 Å². The van der Waals surface area contributed by atoms with Crippen LogP contribution in [0.3, 0.4) is 0 Å². The Morgan fingerprint density at radius 3 is 2.17 bits per heavy atom. The second-order valence-electron chi connectivity index (χ2n) is 9.35. The monoisotopic (exact) mass is 582 g/mol. The van der Waals surface area contributed by atoms with Gasteiger partial charge in [-0.2, -0.15) is 18.4 Å².